The van der Waals surface area contributed by atoms with Crippen molar-refractivity contribution in [2.24, 2.45) is 5.92 Å². The molecule has 0 aliphatic carbocycles. The molecule has 1 aliphatic heterocycles. The summed E-state index contributed by atoms with van der Waals surface area (Å²) < 4.78 is 5.34. The van der Waals surface area contributed by atoms with Crippen LogP contribution in [0.3, 0.4) is 0 Å². The zero-order chi connectivity index (χ0) is 10.1. The van der Waals surface area contributed by atoms with Crippen molar-refractivity contribution in [3.63, 3.8) is 0 Å². The van der Waals surface area contributed by atoms with Gasteiger partial charge in [0.15, 0.2) is 0 Å². The molecule has 1 rings (SSSR count). The average molecular weight is 184 g/mol. The van der Waals surface area contributed by atoms with Gasteiger partial charge in [0.25, 0.3) is 0 Å². The Morgan fingerprint density at radius 2 is 2.08 bits per heavy atom. The van der Waals surface area contributed by atoms with E-state index in [0.29, 0.717) is 11.5 Å². The molecule has 1 aliphatic rings. The fraction of sp³-hybridized carbons (Fsp3) is 0.700. The number of quaternary nitrogens is 1. The molecule has 3 nitrogen and oxygen atoms in total. The Labute approximate surface area is 79.2 Å². The lowest BCUT2D eigenvalue weighted by Gasteiger charge is -2.37. The maximum Gasteiger partial charge on any atom is 0.333 e. The summed E-state index contributed by atoms with van der Waals surface area (Å²) in [6.45, 7) is 11.3. The molecule has 0 atom stereocenters. The van der Waals surface area contributed by atoms with Crippen molar-refractivity contribution in [3.8, 4) is 0 Å². The summed E-state index contributed by atoms with van der Waals surface area (Å²) in [4.78, 5) is 11.3. The molecular weight excluding hydrogens is 166 g/mol. The van der Waals surface area contributed by atoms with Crippen LogP contribution in [-0.2, 0) is 9.53 Å². The number of hydrogen-bond acceptors (Lipinski definition) is 2. The third-order valence-corrected chi connectivity index (χ3v) is 2.59. The summed E-state index contributed by atoms with van der Waals surface area (Å²) in [5.41, 5.74) is 0.126. The highest BCUT2D eigenvalue weighted by Gasteiger charge is 2.40. The minimum atomic E-state index is -0.342. The van der Waals surface area contributed by atoms with Crippen molar-refractivity contribution >= 4 is 5.97 Å². The fourth-order valence-corrected chi connectivity index (χ4v) is 1.31. The van der Waals surface area contributed by atoms with E-state index in [9.17, 15) is 4.79 Å². The highest BCUT2D eigenvalue weighted by Crippen LogP contribution is 2.22. The zero-order valence-corrected chi connectivity index (χ0v) is 8.59. The Bertz CT molecular complexity index is 229. The molecule has 0 aromatic carbocycles. The highest BCUT2D eigenvalue weighted by atomic mass is 16.6. The summed E-state index contributed by atoms with van der Waals surface area (Å²) in [5.74, 6) is 0.202. The Balaban J connectivity index is 2.50. The van der Waals surface area contributed by atoms with E-state index in [-0.39, 0.29) is 11.6 Å². The molecule has 0 aromatic rings. The van der Waals surface area contributed by atoms with E-state index >= 15 is 0 Å². The zero-order valence-electron chi connectivity index (χ0n) is 8.59. The molecule has 2 N–H and O–H groups in total. The molecule has 0 bridgehead atoms. The van der Waals surface area contributed by atoms with Gasteiger partial charge in [-0.05, 0) is 20.8 Å². The molecule has 1 heterocycles. The number of hydrogen-bond donors (Lipinski definition) is 1. The fourth-order valence-electron chi connectivity index (χ4n) is 1.31. The molecule has 0 spiro atoms. The number of ether oxygens (including phenoxy) is 1. The first-order valence-electron chi connectivity index (χ1n) is 4.64. The van der Waals surface area contributed by atoms with Crippen molar-refractivity contribution in [1.29, 1.82) is 0 Å². The largest absolute Gasteiger partial charge is 0.456 e. The van der Waals surface area contributed by atoms with Gasteiger partial charge in [-0.25, -0.2) is 4.79 Å². The summed E-state index contributed by atoms with van der Waals surface area (Å²) in [7, 11) is 0. The number of rotatable bonds is 3. The van der Waals surface area contributed by atoms with Crippen molar-refractivity contribution < 1.29 is 14.8 Å². The van der Waals surface area contributed by atoms with E-state index < -0.39 is 0 Å². The first-order chi connectivity index (χ1) is 5.93. The van der Waals surface area contributed by atoms with Crippen LogP contribution in [-0.4, -0.2) is 24.7 Å². The van der Waals surface area contributed by atoms with Gasteiger partial charge in [-0.2, -0.15) is 0 Å². The minimum Gasteiger partial charge on any atom is -0.456 e. The number of carbonyl (C=O) groups is 1. The van der Waals surface area contributed by atoms with Gasteiger partial charge in [0.2, 0.25) is 0 Å². The first kappa shape index (κ1) is 10.3. The summed E-state index contributed by atoms with van der Waals surface area (Å²) in [6, 6.07) is 0. The predicted octanol–water partition coefficient (Wildman–Crippen LogP) is 0.0775. The van der Waals surface area contributed by atoms with Gasteiger partial charge < -0.3 is 10.1 Å². The van der Waals surface area contributed by atoms with Gasteiger partial charge in [-0.1, -0.05) is 6.58 Å². The van der Waals surface area contributed by atoms with Crippen LogP contribution < -0.4 is 5.32 Å². The molecular formula is C10H18NO2+. The minimum absolute atomic E-state index is 0.281. The van der Waals surface area contributed by atoms with Crippen molar-refractivity contribution in [2.75, 3.05) is 13.1 Å². The van der Waals surface area contributed by atoms with E-state index in [0.717, 1.165) is 13.1 Å². The second kappa shape index (κ2) is 3.50. The Hall–Kier alpha value is -0.830. The second-order valence-corrected chi connectivity index (χ2v) is 4.23. The summed E-state index contributed by atoms with van der Waals surface area (Å²) in [6.07, 6.45) is 0. The van der Waals surface area contributed by atoms with E-state index in [1.807, 2.05) is 13.8 Å². The van der Waals surface area contributed by atoms with Crippen LogP contribution in [0.5, 0.6) is 0 Å². The maximum absolute atomic E-state index is 11.3. The van der Waals surface area contributed by atoms with E-state index in [2.05, 4.69) is 11.9 Å². The van der Waals surface area contributed by atoms with Crippen LogP contribution in [0.15, 0.2) is 12.2 Å². The van der Waals surface area contributed by atoms with E-state index in [1.54, 1.807) is 6.92 Å². The van der Waals surface area contributed by atoms with Crippen molar-refractivity contribution in [1.82, 2.24) is 0 Å². The quantitative estimate of drug-likeness (QED) is 0.498. The average Bonchev–Trinajstić information content (AvgIpc) is 1.79. The summed E-state index contributed by atoms with van der Waals surface area (Å²) >= 11 is 0. The van der Waals surface area contributed by atoms with Gasteiger partial charge in [0.1, 0.15) is 5.60 Å². The van der Waals surface area contributed by atoms with Crippen LogP contribution >= 0.6 is 0 Å². The van der Waals surface area contributed by atoms with Crippen LogP contribution in [0.4, 0.5) is 0 Å². The number of nitrogens with two attached hydrogens (primary N) is 1. The Morgan fingerprint density at radius 3 is 2.38 bits per heavy atom. The summed E-state index contributed by atoms with van der Waals surface area (Å²) in [5, 5.41) is 2.21. The molecule has 1 saturated heterocycles. The SMILES string of the molecule is C=C(C)C(=O)OC(C)(C)C1C[NH2+]C1. The van der Waals surface area contributed by atoms with Gasteiger partial charge in [0.05, 0.1) is 19.0 Å². The molecule has 0 unspecified atom stereocenters. The second-order valence-electron chi connectivity index (χ2n) is 4.23. The first-order valence-corrected chi connectivity index (χ1v) is 4.64. The van der Waals surface area contributed by atoms with Gasteiger partial charge in [0, 0.05) is 5.57 Å². The monoisotopic (exact) mass is 184 g/mol. The molecule has 74 valence electrons. The van der Waals surface area contributed by atoms with Crippen LogP contribution in [0.1, 0.15) is 20.8 Å². The van der Waals surface area contributed by atoms with Crippen LogP contribution in [0.2, 0.25) is 0 Å². The van der Waals surface area contributed by atoms with E-state index in [4.69, 9.17) is 4.74 Å². The third-order valence-electron chi connectivity index (χ3n) is 2.59. The molecule has 1 fully saturated rings. The molecule has 13 heavy (non-hydrogen) atoms. The molecule has 3 heteroatoms. The maximum atomic E-state index is 11.3. The highest BCUT2D eigenvalue weighted by molar-refractivity contribution is 5.87. The number of esters is 1. The van der Waals surface area contributed by atoms with Crippen LogP contribution in [0, 0.1) is 5.92 Å². The Kier molecular flexibility index (Phi) is 2.76. The van der Waals surface area contributed by atoms with E-state index in [1.165, 1.54) is 0 Å². The van der Waals surface area contributed by atoms with Gasteiger partial charge >= 0.3 is 5.97 Å². The molecule has 0 radical (unpaired) electrons. The normalized spacial score (nSPS) is 17.8. The standard InChI is InChI=1S/C10H17NO2/c1-7(2)9(12)13-10(3,4)8-5-11-6-8/h8,11H,1,5-6H2,2-4H3/p+1. The van der Waals surface area contributed by atoms with Gasteiger partial charge in [-0.15, -0.1) is 0 Å². The molecule has 0 amide bonds. The molecule has 0 saturated carbocycles. The predicted molar refractivity (Wildman–Crippen MR) is 50.1 cm³/mol. The van der Waals surface area contributed by atoms with Crippen molar-refractivity contribution in [3.05, 3.63) is 12.2 Å². The Morgan fingerprint density at radius 1 is 1.54 bits per heavy atom. The number of carbonyl (C=O) groups excluding carboxylic acids is 1. The lowest BCUT2D eigenvalue weighted by molar-refractivity contribution is -0.728. The third kappa shape index (κ3) is 2.31. The lowest BCUT2D eigenvalue weighted by Crippen LogP contribution is -2.98. The lowest BCUT2D eigenvalue weighted by atomic mass is 9.86. The smallest absolute Gasteiger partial charge is 0.333 e. The molecule has 0 aromatic heterocycles. The van der Waals surface area contributed by atoms with Crippen molar-refractivity contribution in [2.45, 2.75) is 26.4 Å². The van der Waals surface area contributed by atoms with Crippen LogP contribution in [0.25, 0.3) is 0 Å². The topological polar surface area (TPSA) is 42.9 Å². The van der Waals surface area contributed by atoms with Gasteiger partial charge in [-0.3, -0.25) is 0 Å².